The summed E-state index contributed by atoms with van der Waals surface area (Å²) < 4.78 is 10.5. The molecule has 2 aromatic rings. The quantitative estimate of drug-likeness (QED) is 0.639. The number of hydrazone groups is 1. The topological polar surface area (TPSA) is 89.0 Å². The first-order chi connectivity index (χ1) is 11.2. The van der Waals surface area contributed by atoms with Gasteiger partial charge in [0.2, 0.25) is 6.79 Å². The Kier molecular flexibility index (Phi) is 4.53. The van der Waals surface area contributed by atoms with E-state index in [1.807, 2.05) is 0 Å². The predicted octanol–water partition coefficient (Wildman–Crippen LogP) is 1.36. The average molecular weight is 331 g/mol. The van der Waals surface area contributed by atoms with E-state index in [2.05, 4.69) is 15.8 Å². The highest BCUT2D eigenvalue weighted by Gasteiger charge is 2.12. The summed E-state index contributed by atoms with van der Waals surface area (Å²) >= 11 is 1.31. The summed E-state index contributed by atoms with van der Waals surface area (Å²) in [6.45, 7) is 0.0613. The van der Waals surface area contributed by atoms with Gasteiger partial charge in [-0.1, -0.05) is 6.07 Å². The van der Waals surface area contributed by atoms with Gasteiger partial charge in [-0.25, -0.2) is 5.43 Å². The van der Waals surface area contributed by atoms with Gasteiger partial charge in [-0.2, -0.15) is 5.10 Å². The minimum absolute atomic E-state index is 0.144. The fourth-order valence-electron chi connectivity index (χ4n) is 1.87. The number of nitrogens with zero attached hydrogens (tertiary/aromatic N) is 1. The Balaban J connectivity index is 1.46. The second kappa shape index (κ2) is 6.93. The number of nitrogens with one attached hydrogen (secondary N) is 2. The van der Waals surface area contributed by atoms with Crippen LogP contribution in [0.5, 0.6) is 11.5 Å². The largest absolute Gasteiger partial charge is 0.454 e. The lowest BCUT2D eigenvalue weighted by Crippen LogP contribution is -2.34. The molecule has 1 aromatic carbocycles. The number of hydrogen-bond donors (Lipinski definition) is 2. The Bertz CT molecular complexity index is 743. The molecule has 0 spiro atoms. The smallest absolute Gasteiger partial charge is 0.261 e. The molecule has 0 unspecified atom stereocenters. The standard InChI is InChI=1S/C15H13N3O4S/c19-14(8-16-15(20)13-2-1-5-23-13)18-17-7-10-3-4-11-12(6-10)22-9-21-11/h1-7H,8-9H2,(H,16,20)(H,18,19). The van der Waals surface area contributed by atoms with Crippen LogP contribution in [-0.2, 0) is 4.79 Å². The van der Waals surface area contributed by atoms with Crippen molar-refractivity contribution in [3.05, 3.63) is 46.2 Å². The lowest BCUT2D eigenvalue weighted by atomic mass is 10.2. The molecule has 8 heteroatoms. The van der Waals surface area contributed by atoms with E-state index in [1.54, 1.807) is 35.7 Å². The van der Waals surface area contributed by atoms with Gasteiger partial charge >= 0.3 is 0 Å². The number of fused-ring (bicyclic) bond motifs is 1. The van der Waals surface area contributed by atoms with Gasteiger partial charge in [-0.3, -0.25) is 9.59 Å². The Morgan fingerprint density at radius 1 is 1.26 bits per heavy atom. The number of ether oxygens (including phenoxy) is 2. The van der Waals surface area contributed by atoms with Gasteiger partial charge in [-0.15, -0.1) is 11.3 Å². The van der Waals surface area contributed by atoms with Gasteiger partial charge in [0.05, 0.1) is 17.6 Å². The first-order valence-electron chi connectivity index (χ1n) is 6.75. The van der Waals surface area contributed by atoms with E-state index in [-0.39, 0.29) is 19.2 Å². The van der Waals surface area contributed by atoms with Gasteiger partial charge in [-0.05, 0) is 35.2 Å². The molecular weight excluding hydrogens is 318 g/mol. The van der Waals surface area contributed by atoms with Gasteiger partial charge < -0.3 is 14.8 Å². The molecule has 1 aliphatic rings. The number of amides is 2. The van der Waals surface area contributed by atoms with Crippen LogP contribution in [0.25, 0.3) is 0 Å². The number of thiophene rings is 1. The molecule has 0 saturated heterocycles. The Morgan fingerprint density at radius 2 is 2.13 bits per heavy atom. The fraction of sp³-hybridized carbons (Fsp3) is 0.133. The van der Waals surface area contributed by atoms with Crippen molar-refractivity contribution in [2.75, 3.05) is 13.3 Å². The average Bonchev–Trinajstić information content (AvgIpc) is 3.23. The summed E-state index contributed by atoms with van der Waals surface area (Å²) in [6.07, 6.45) is 1.49. The van der Waals surface area contributed by atoms with Crippen molar-refractivity contribution in [2.45, 2.75) is 0 Å². The zero-order valence-corrected chi connectivity index (χ0v) is 12.8. The summed E-state index contributed by atoms with van der Waals surface area (Å²) in [5.41, 5.74) is 3.11. The third-order valence-corrected chi connectivity index (χ3v) is 3.82. The van der Waals surface area contributed by atoms with Crippen molar-refractivity contribution >= 4 is 29.4 Å². The van der Waals surface area contributed by atoms with Crippen molar-refractivity contribution in [3.63, 3.8) is 0 Å². The number of rotatable bonds is 5. The maximum atomic E-state index is 11.7. The molecule has 0 aliphatic carbocycles. The van der Waals surface area contributed by atoms with Crippen LogP contribution in [0.2, 0.25) is 0 Å². The molecule has 1 aromatic heterocycles. The molecule has 118 valence electrons. The second-order valence-electron chi connectivity index (χ2n) is 4.57. The van der Waals surface area contributed by atoms with Crippen LogP contribution in [-0.4, -0.2) is 31.4 Å². The van der Waals surface area contributed by atoms with Gasteiger partial charge in [0.25, 0.3) is 11.8 Å². The number of carbonyl (C=O) groups excluding carboxylic acids is 2. The number of benzene rings is 1. The van der Waals surface area contributed by atoms with Crippen LogP contribution < -0.4 is 20.2 Å². The van der Waals surface area contributed by atoms with E-state index in [1.165, 1.54) is 17.6 Å². The molecule has 0 saturated carbocycles. The van der Waals surface area contributed by atoms with Crippen molar-refractivity contribution in [1.29, 1.82) is 0 Å². The molecule has 0 fully saturated rings. The van der Waals surface area contributed by atoms with Crippen molar-refractivity contribution in [2.24, 2.45) is 5.10 Å². The third kappa shape index (κ3) is 3.86. The molecule has 2 N–H and O–H groups in total. The summed E-state index contributed by atoms with van der Waals surface area (Å²) in [4.78, 5) is 23.8. The van der Waals surface area contributed by atoms with E-state index in [9.17, 15) is 9.59 Å². The molecule has 1 aliphatic heterocycles. The molecule has 7 nitrogen and oxygen atoms in total. The number of carbonyl (C=O) groups is 2. The van der Waals surface area contributed by atoms with Crippen LogP contribution >= 0.6 is 11.3 Å². The zero-order chi connectivity index (χ0) is 16.1. The summed E-state index contributed by atoms with van der Waals surface area (Å²) in [5.74, 6) is 0.632. The third-order valence-electron chi connectivity index (χ3n) is 2.95. The fourth-order valence-corrected chi connectivity index (χ4v) is 2.51. The molecule has 23 heavy (non-hydrogen) atoms. The summed E-state index contributed by atoms with van der Waals surface area (Å²) in [5, 5.41) is 8.15. The lowest BCUT2D eigenvalue weighted by molar-refractivity contribution is -0.120. The van der Waals surface area contributed by atoms with Crippen molar-refractivity contribution < 1.29 is 19.1 Å². The van der Waals surface area contributed by atoms with Crippen LogP contribution in [0.4, 0.5) is 0 Å². The predicted molar refractivity (Wildman–Crippen MR) is 85.0 cm³/mol. The molecule has 2 heterocycles. The van der Waals surface area contributed by atoms with Crippen LogP contribution in [0.15, 0.2) is 40.8 Å². The minimum atomic E-state index is -0.410. The normalized spacial score (nSPS) is 12.3. The van der Waals surface area contributed by atoms with Crippen LogP contribution in [0, 0.1) is 0 Å². The van der Waals surface area contributed by atoms with Crippen LogP contribution in [0.3, 0.4) is 0 Å². The number of hydrogen-bond acceptors (Lipinski definition) is 6. The molecule has 0 atom stereocenters. The highest BCUT2D eigenvalue weighted by molar-refractivity contribution is 7.12. The molecule has 0 radical (unpaired) electrons. The zero-order valence-electron chi connectivity index (χ0n) is 11.9. The Labute approximate surface area is 135 Å². The molecule has 0 bridgehead atoms. The first-order valence-corrected chi connectivity index (χ1v) is 7.63. The molecule has 2 amide bonds. The van der Waals surface area contributed by atoms with Crippen molar-refractivity contribution in [1.82, 2.24) is 10.7 Å². The Morgan fingerprint density at radius 3 is 2.96 bits per heavy atom. The monoisotopic (exact) mass is 331 g/mol. The van der Waals surface area contributed by atoms with Gasteiger partial charge in [0, 0.05) is 0 Å². The summed E-state index contributed by atoms with van der Waals surface area (Å²) in [7, 11) is 0. The Hall–Kier alpha value is -2.87. The minimum Gasteiger partial charge on any atom is -0.454 e. The van der Waals surface area contributed by atoms with Crippen LogP contribution in [0.1, 0.15) is 15.2 Å². The van der Waals surface area contributed by atoms with Gasteiger partial charge in [0.15, 0.2) is 11.5 Å². The lowest BCUT2D eigenvalue weighted by Gasteiger charge is -2.02. The first kappa shape index (κ1) is 15.0. The molecular formula is C15H13N3O4S. The van der Waals surface area contributed by atoms with E-state index in [4.69, 9.17) is 9.47 Å². The van der Waals surface area contributed by atoms with E-state index in [0.29, 0.717) is 16.4 Å². The maximum absolute atomic E-state index is 11.7. The van der Waals surface area contributed by atoms with E-state index < -0.39 is 5.91 Å². The summed E-state index contributed by atoms with van der Waals surface area (Å²) in [6, 6.07) is 8.79. The van der Waals surface area contributed by atoms with E-state index in [0.717, 1.165) is 5.56 Å². The van der Waals surface area contributed by atoms with Crippen molar-refractivity contribution in [3.8, 4) is 11.5 Å². The highest BCUT2D eigenvalue weighted by atomic mass is 32.1. The maximum Gasteiger partial charge on any atom is 0.261 e. The molecule has 3 rings (SSSR count). The highest BCUT2D eigenvalue weighted by Crippen LogP contribution is 2.31. The SMILES string of the molecule is O=C(CNC(=O)c1cccs1)NN=Cc1ccc2c(c1)OCO2. The second-order valence-corrected chi connectivity index (χ2v) is 5.51. The van der Waals surface area contributed by atoms with E-state index >= 15 is 0 Å². The van der Waals surface area contributed by atoms with Gasteiger partial charge in [0.1, 0.15) is 0 Å².